The lowest BCUT2D eigenvalue weighted by Gasteiger charge is -2.32. The Morgan fingerprint density at radius 2 is 2.08 bits per heavy atom. The molecule has 0 fully saturated rings. The summed E-state index contributed by atoms with van der Waals surface area (Å²) in [5.74, 6) is -0.753. The number of aromatic nitrogens is 1. The molecule has 10 heteroatoms. The fraction of sp³-hybridized carbons (Fsp3) is 0.312. The van der Waals surface area contributed by atoms with Gasteiger partial charge in [-0.2, -0.15) is 23.3 Å². The Kier molecular flexibility index (Phi) is 4.72. The molecule has 1 unspecified atom stereocenters. The van der Waals surface area contributed by atoms with E-state index in [0.717, 1.165) is 11.3 Å². The second-order valence-electron chi connectivity index (χ2n) is 5.45. The molecule has 1 aromatic heterocycles. The van der Waals surface area contributed by atoms with Crippen LogP contribution in [0.3, 0.4) is 0 Å². The van der Waals surface area contributed by atoms with E-state index >= 15 is 0 Å². The summed E-state index contributed by atoms with van der Waals surface area (Å²) < 4.78 is 45.5. The number of hydrazone groups is 1. The number of anilines is 1. The van der Waals surface area contributed by atoms with Gasteiger partial charge in [-0.3, -0.25) is 0 Å². The second-order valence-corrected chi connectivity index (χ2v) is 6.29. The van der Waals surface area contributed by atoms with Crippen LogP contribution in [0.25, 0.3) is 0 Å². The second kappa shape index (κ2) is 6.69. The van der Waals surface area contributed by atoms with E-state index in [4.69, 9.17) is 4.74 Å². The molecule has 3 rings (SSSR count). The standard InChI is InChI=1S/C16H14F3N3O3S/c1-2-25-13(23)12-9-26-14(20-12)22-15(24,16(17,18)19)8-11(21-22)10-6-4-3-5-7-10/h3-7,9,24H,2,8H2,1H3. The average Bonchev–Trinajstić information content (AvgIpc) is 3.20. The summed E-state index contributed by atoms with van der Waals surface area (Å²) in [6.07, 6.45) is -5.74. The van der Waals surface area contributed by atoms with E-state index in [9.17, 15) is 23.1 Å². The molecule has 6 nitrogen and oxygen atoms in total. The molecule has 0 spiro atoms. The van der Waals surface area contributed by atoms with Gasteiger partial charge >= 0.3 is 12.1 Å². The molecule has 0 radical (unpaired) electrons. The van der Waals surface area contributed by atoms with E-state index in [2.05, 4.69) is 10.1 Å². The summed E-state index contributed by atoms with van der Waals surface area (Å²) in [5, 5.41) is 15.7. The molecule has 1 aliphatic heterocycles. The van der Waals surface area contributed by atoms with E-state index < -0.39 is 24.3 Å². The van der Waals surface area contributed by atoms with E-state index in [0.29, 0.717) is 10.6 Å². The fourth-order valence-electron chi connectivity index (χ4n) is 2.42. The van der Waals surface area contributed by atoms with Crippen molar-refractivity contribution in [3.63, 3.8) is 0 Å². The highest BCUT2D eigenvalue weighted by Gasteiger charge is 2.62. The number of esters is 1. The third kappa shape index (κ3) is 3.17. The largest absolute Gasteiger partial charge is 0.461 e. The number of halogens is 3. The topological polar surface area (TPSA) is 75.0 Å². The van der Waals surface area contributed by atoms with Crippen molar-refractivity contribution in [3.8, 4) is 0 Å². The molecule has 26 heavy (non-hydrogen) atoms. The van der Waals surface area contributed by atoms with Crippen molar-refractivity contribution in [1.29, 1.82) is 0 Å². The first kappa shape index (κ1) is 18.3. The van der Waals surface area contributed by atoms with Crippen LogP contribution in [0.1, 0.15) is 29.4 Å². The van der Waals surface area contributed by atoms with Crippen LogP contribution in [-0.2, 0) is 4.74 Å². The molecule has 0 bridgehead atoms. The number of benzene rings is 1. The van der Waals surface area contributed by atoms with Gasteiger partial charge in [0.15, 0.2) is 5.69 Å². The first-order valence-electron chi connectivity index (χ1n) is 7.61. The number of carbonyl (C=O) groups is 1. The Bertz CT molecular complexity index is 838. The predicted molar refractivity (Wildman–Crippen MR) is 89.2 cm³/mol. The molecule has 0 aliphatic carbocycles. The van der Waals surface area contributed by atoms with Gasteiger partial charge in [0.1, 0.15) is 0 Å². The van der Waals surface area contributed by atoms with Crippen molar-refractivity contribution in [2.45, 2.75) is 25.2 Å². The molecule has 1 aromatic carbocycles. The zero-order chi connectivity index (χ0) is 18.9. The van der Waals surface area contributed by atoms with Crippen molar-refractivity contribution in [3.05, 3.63) is 47.0 Å². The molecule has 0 amide bonds. The Labute approximate surface area is 150 Å². The quantitative estimate of drug-likeness (QED) is 0.819. The van der Waals surface area contributed by atoms with Crippen molar-refractivity contribution < 1.29 is 27.8 Å². The monoisotopic (exact) mass is 385 g/mol. The van der Waals surface area contributed by atoms with Gasteiger partial charge in [-0.15, -0.1) is 11.3 Å². The van der Waals surface area contributed by atoms with Crippen LogP contribution in [0.15, 0.2) is 40.8 Å². The summed E-state index contributed by atoms with van der Waals surface area (Å²) in [5.41, 5.74) is -2.86. The first-order chi connectivity index (χ1) is 12.3. The maximum absolute atomic E-state index is 13.6. The molecule has 2 aromatic rings. The maximum atomic E-state index is 13.6. The smallest absolute Gasteiger partial charge is 0.438 e. The molecule has 138 valence electrons. The van der Waals surface area contributed by atoms with Gasteiger partial charge in [-0.25, -0.2) is 9.78 Å². The SMILES string of the molecule is CCOC(=O)c1csc(N2N=C(c3ccccc3)CC2(O)C(F)(F)F)n1. The molecule has 1 aliphatic rings. The van der Waals surface area contributed by atoms with Crippen LogP contribution < -0.4 is 5.01 Å². The number of thiazole rings is 1. The highest BCUT2D eigenvalue weighted by Crippen LogP contribution is 2.44. The minimum atomic E-state index is -4.98. The lowest BCUT2D eigenvalue weighted by atomic mass is 10.0. The summed E-state index contributed by atoms with van der Waals surface area (Å²) in [4.78, 5) is 15.6. The minimum absolute atomic E-state index is 0.0679. The van der Waals surface area contributed by atoms with Crippen LogP contribution in [-0.4, -0.2) is 40.3 Å². The van der Waals surface area contributed by atoms with Crippen LogP contribution in [0.5, 0.6) is 0 Å². The van der Waals surface area contributed by atoms with Crippen molar-refractivity contribution in [1.82, 2.24) is 4.98 Å². The molecule has 1 atom stereocenters. The van der Waals surface area contributed by atoms with Crippen LogP contribution in [0.4, 0.5) is 18.3 Å². The Balaban J connectivity index is 2.01. The number of hydrogen-bond donors (Lipinski definition) is 1. The predicted octanol–water partition coefficient (Wildman–Crippen LogP) is 3.19. The zero-order valence-electron chi connectivity index (χ0n) is 13.5. The number of aliphatic hydroxyl groups is 1. The zero-order valence-corrected chi connectivity index (χ0v) is 14.3. The van der Waals surface area contributed by atoms with Gasteiger partial charge in [0.2, 0.25) is 5.13 Å². The van der Waals surface area contributed by atoms with Gasteiger partial charge in [-0.05, 0) is 12.5 Å². The van der Waals surface area contributed by atoms with Crippen molar-refractivity contribution in [2.75, 3.05) is 11.6 Å². The highest BCUT2D eigenvalue weighted by atomic mass is 32.1. The van der Waals surface area contributed by atoms with Gasteiger partial charge in [0.05, 0.1) is 18.7 Å². The molecular formula is C16H14F3N3O3S. The molecule has 0 saturated heterocycles. The lowest BCUT2D eigenvalue weighted by molar-refractivity contribution is -0.254. The van der Waals surface area contributed by atoms with Crippen LogP contribution >= 0.6 is 11.3 Å². The lowest BCUT2D eigenvalue weighted by Crippen LogP contribution is -2.55. The average molecular weight is 385 g/mol. The van der Waals surface area contributed by atoms with Crippen LogP contribution in [0, 0.1) is 0 Å². The maximum Gasteiger partial charge on any atom is 0.438 e. The summed E-state index contributed by atoms with van der Waals surface area (Å²) in [6.45, 7) is 1.71. The van der Waals surface area contributed by atoms with Gasteiger partial charge < -0.3 is 9.84 Å². The first-order valence-corrected chi connectivity index (χ1v) is 8.49. The molecular weight excluding hydrogens is 371 g/mol. The molecule has 1 N–H and O–H groups in total. The van der Waals surface area contributed by atoms with Gasteiger partial charge in [-0.1, -0.05) is 30.3 Å². The summed E-state index contributed by atoms with van der Waals surface area (Å²) in [6, 6.07) is 8.25. The third-order valence-corrected chi connectivity index (χ3v) is 4.52. The number of alkyl halides is 3. The van der Waals surface area contributed by atoms with Gasteiger partial charge in [0.25, 0.3) is 5.72 Å². The van der Waals surface area contributed by atoms with Crippen molar-refractivity contribution in [2.24, 2.45) is 5.10 Å². The Morgan fingerprint density at radius 3 is 2.69 bits per heavy atom. The normalized spacial score (nSPS) is 20.2. The summed E-state index contributed by atoms with van der Waals surface area (Å²) >= 11 is 0.764. The van der Waals surface area contributed by atoms with Gasteiger partial charge in [0, 0.05) is 5.38 Å². The number of carbonyl (C=O) groups excluding carboxylic acids is 1. The molecule has 0 saturated carbocycles. The van der Waals surface area contributed by atoms with Crippen LogP contribution in [0.2, 0.25) is 0 Å². The Hall–Kier alpha value is -2.46. The fourth-order valence-corrected chi connectivity index (χ4v) is 3.23. The van der Waals surface area contributed by atoms with E-state index in [1.54, 1.807) is 37.3 Å². The van der Waals surface area contributed by atoms with Crippen molar-refractivity contribution >= 4 is 28.1 Å². The summed E-state index contributed by atoms with van der Waals surface area (Å²) in [7, 11) is 0. The number of nitrogens with zero attached hydrogens (tertiary/aromatic N) is 3. The molecule has 2 heterocycles. The van der Waals surface area contributed by atoms with E-state index in [-0.39, 0.29) is 23.1 Å². The highest BCUT2D eigenvalue weighted by molar-refractivity contribution is 7.14. The number of rotatable bonds is 4. The Morgan fingerprint density at radius 1 is 1.38 bits per heavy atom. The third-order valence-electron chi connectivity index (χ3n) is 3.70. The number of hydrogen-bond acceptors (Lipinski definition) is 7. The van der Waals surface area contributed by atoms with E-state index in [1.165, 1.54) is 5.38 Å². The minimum Gasteiger partial charge on any atom is -0.461 e. The number of ether oxygens (including phenoxy) is 1. The van der Waals surface area contributed by atoms with E-state index in [1.807, 2.05) is 0 Å².